The Morgan fingerprint density at radius 1 is 1.33 bits per heavy atom. The van der Waals surface area contributed by atoms with E-state index in [2.05, 4.69) is 5.32 Å². The molecule has 0 aromatic heterocycles. The fourth-order valence-corrected chi connectivity index (χ4v) is 2.01. The smallest absolute Gasteiger partial charge is 0.162 e. The Balaban J connectivity index is 2.61. The third kappa shape index (κ3) is 4.70. The molecule has 1 atom stereocenters. The maximum atomic E-state index is 13.6. The van der Waals surface area contributed by atoms with Crippen molar-refractivity contribution < 1.29 is 13.5 Å². The van der Waals surface area contributed by atoms with E-state index >= 15 is 0 Å². The van der Waals surface area contributed by atoms with Gasteiger partial charge in [-0.25, -0.2) is 8.78 Å². The molecule has 0 heterocycles. The largest absolute Gasteiger partial charge is 0.385 e. The van der Waals surface area contributed by atoms with Crippen LogP contribution in [0.25, 0.3) is 0 Å². The summed E-state index contributed by atoms with van der Waals surface area (Å²) in [5.74, 6) is -1.51. The van der Waals surface area contributed by atoms with Crippen molar-refractivity contribution in [1.29, 1.82) is 0 Å². The summed E-state index contributed by atoms with van der Waals surface area (Å²) >= 11 is 0. The minimum Gasteiger partial charge on any atom is -0.385 e. The predicted molar refractivity (Wildman–Crippen MR) is 68.6 cm³/mol. The number of likely N-dealkylation sites (N-methyl/N-ethyl adjacent to an activating group) is 1. The van der Waals surface area contributed by atoms with Gasteiger partial charge in [-0.3, -0.25) is 0 Å². The van der Waals surface area contributed by atoms with Gasteiger partial charge in [0, 0.05) is 19.8 Å². The Hall–Kier alpha value is -1.00. The summed E-state index contributed by atoms with van der Waals surface area (Å²) in [6.45, 7) is 3.51. The summed E-state index contributed by atoms with van der Waals surface area (Å²) in [7, 11) is 1.66. The Morgan fingerprint density at radius 3 is 2.78 bits per heavy atom. The van der Waals surface area contributed by atoms with Crippen LogP contribution in [0.2, 0.25) is 0 Å². The summed E-state index contributed by atoms with van der Waals surface area (Å²) < 4.78 is 31.7. The number of halogens is 2. The van der Waals surface area contributed by atoms with Crippen molar-refractivity contribution in [3.8, 4) is 0 Å². The molecular weight excluding hydrogens is 236 g/mol. The second kappa shape index (κ2) is 8.16. The van der Waals surface area contributed by atoms with E-state index in [0.29, 0.717) is 18.6 Å². The topological polar surface area (TPSA) is 21.3 Å². The zero-order valence-corrected chi connectivity index (χ0v) is 11.0. The van der Waals surface area contributed by atoms with E-state index in [4.69, 9.17) is 4.74 Å². The molecule has 4 heteroatoms. The summed E-state index contributed by atoms with van der Waals surface area (Å²) in [5, 5.41) is 3.29. The molecule has 0 aliphatic heterocycles. The number of methoxy groups -OCH3 is 1. The van der Waals surface area contributed by atoms with Crippen molar-refractivity contribution in [2.45, 2.75) is 32.2 Å². The highest BCUT2D eigenvalue weighted by molar-refractivity contribution is 5.20. The Labute approximate surface area is 107 Å². The minimum absolute atomic E-state index is 0.154. The Bertz CT molecular complexity index is 358. The molecule has 0 spiro atoms. The van der Waals surface area contributed by atoms with Crippen LogP contribution < -0.4 is 5.32 Å². The van der Waals surface area contributed by atoms with Crippen molar-refractivity contribution in [2.75, 3.05) is 20.3 Å². The highest BCUT2D eigenvalue weighted by atomic mass is 19.2. The van der Waals surface area contributed by atoms with E-state index in [9.17, 15) is 8.78 Å². The Kier molecular flexibility index (Phi) is 6.83. The van der Waals surface area contributed by atoms with E-state index in [1.807, 2.05) is 6.92 Å². The maximum absolute atomic E-state index is 13.6. The van der Waals surface area contributed by atoms with E-state index in [0.717, 1.165) is 25.5 Å². The zero-order chi connectivity index (χ0) is 13.4. The monoisotopic (exact) mass is 257 g/mol. The first-order chi connectivity index (χ1) is 8.69. The van der Waals surface area contributed by atoms with Gasteiger partial charge < -0.3 is 10.1 Å². The van der Waals surface area contributed by atoms with Crippen molar-refractivity contribution in [3.05, 3.63) is 35.4 Å². The quantitative estimate of drug-likeness (QED) is 0.723. The minimum atomic E-state index is -0.778. The van der Waals surface area contributed by atoms with Gasteiger partial charge in [0.1, 0.15) is 0 Å². The average molecular weight is 257 g/mol. The van der Waals surface area contributed by atoms with Crippen LogP contribution in [0.4, 0.5) is 8.78 Å². The number of benzene rings is 1. The van der Waals surface area contributed by atoms with Gasteiger partial charge in [-0.15, -0.1) is 0 Å². The molecule has 1 rings (SSSR count). The zero-order valence-electron chi connectivity index (χ0n) is 11.0. The van der Waals surface area contributed by atoms with Gasteiger partial charge in [-0.05, 0) is 37.4 Å². The number of hydrogen-bond donors (Lipinski definition) is 1. The third-order valence-corrected chi connectivity index (χ3v) is 2.89. The maximum Gasteiger partial charge on any atom is 0.162 e. The molecule has 0 aliphatic carbocycles. The molecule has 0 radical (unpaired) electrons. The molecule has 0 aliphatic rings. The van der Waals surface area contributed by atoms with Crippen molar-refractivity contribution in [1.82, 2.24) is 5.32 Å². The first-order valence-electron chi connectivity index (χ1n) is 6.34. The van der Waals surface area contributed by atoms with Gasteiger partial charge in [0.2, 0.25) is 0 Å². The van der Waals surface area contributed by atoms with Crippen LogP contribution in [0, 0.1) is 11.6 Å². The van der Waals surface area contributed by atoms with Crippen LogP contribution in [-0.4, -0.2) is 26.3 Å². The molecule has 1 unspecified atom stereocenters. The van der Waals surface area contributed by atoms with E-state index < -0.39 is 11.6 Å². The summed E-state index contributed by atoms with van der Waals surface area (Å²) in [6, 6.07) is 4.48. The van der Waals surface area contributed by atoms with Crippen LogP contribution in [0.3, 0.4) is 0 Å². The van der Waals surface area contributed by atoms with Crippen LogP contribution >= 0.6 is 0 Å². The summed E-state index contributed by atoms with van der Waals surface area (Å²) in [5.41, 5.74) is 0.429. The lowest BCUT2D eigenvalue weighted by molar-refractivity contribution is 0.188. The lowest BCUT2D eigenvalue weighted by atomic mass is 10.0. The molecule has 0 saturated heterocycles. The molecule has 1 N–H and O–H groups in total. The van der Waals surface area contributed by atoms with Crippen molar-refractivity contribution in [2.24, 2.45) is 0 Å². The molecule has 102 valence electrons. The standard InChI is InChI=1S/C14H21F2NO/c1-3-17-12(7-5-9-18-2)10-11-6-4-8-13(15)14(11)16/h4,6,8,12,17H,3,5,7,9-10H2,1-2H3. The molecule has 0 amide bonds. The first-order valence-corrected chi connectivity index (χ1v) is 6.34. The van der Waals surface area contributed by atoms with Gasteiger partial charge in [-0.1, -0.05) is 19.1 Å². The van der Waals surface area contributed by atoms with Crippen molar-refractivity contribution in [3.63, 3.8) is 0 Å². The molecule has 0 bridgehead atoms. The summed E-state index contributed by atoms with van der Waals surface area (Å²) in [4.78, 5) is 0. The van der Waals surface area contributed by atoms with E-state index in [-0.39, 0.29) is 6.04 Å². The summed E-state index contributed by atoms with van der Waals surface area (Å²) in [6.07, 6.45) is 2.30. The fourth-order valence-electron chi connectivity index (χ4n) is 2.01. The van der Waals surface area contributed by atoms with Crippen LogP contribution in [0.1, 0.15) is 25.3 Å². The van der Waals surface area contributed by atoms with Gasteiger partial charge in [0.25, 0.3) is 0 Å². The molecule has 18 heavy (non-hydrogen) atoms. The third-order valence-electron chi connectivity index (χ3n) is 2.89. The van der Waals surface area contributed by atoms with Gasteiger partial charge in [-0.2, -0.15) is 0 Å². The molecule has 1 aromatic carbocycles. The number of rotatable bonds is 8. The SMILES string of the molecule is CCNC(CCCOC)Cc1cccc(F)c1F. The molecule has 2 nitrogen and oxygen atoms in total. The number of ether oxygens (including phenoxy) is 1. The second-order valence-corrected chi connectivity index (χ2v) is 4.31. The number of nitrogens with one attached hydrogen (secondary N) is 1. The van der Waals surface area contributed by atoms with Gasteiger partial charge >= 0.3 is 0 Å². The Morgan fingerprint density at radius 2 is 2.11 bits per heavy atom. The van der Waals surface area contributed by atoms with Crippen molar-refractivity contribution >= 4 is 0 Å². The first kappa shape index (κ1) is 15.1. The lowest BCUT2D eigenvalue weighted by Crippen LogP contribution is -2.31. The molecule has 0 fully saturated rings. The normalized spacial score (nSPS) is 12.7. The van der Waals surface area contributed by atoms with Gasteiger partial charge in [0.05, 0.1) is 0 Å². The highest BCUT2D eigenvalue weighted by Gasteiger charge is 2.13. The molecule has 0 saturated carbocycles. The molecular formula is C14H21F2NO. The lowest BCUT2D eigenvalue weighted by Gasteiger charge is -2.18. The van der Waals surface area contributed by atoms with E-state index in [1.54, 1.807) is 19.2 Å². The number of hydrogen-bond acceptors (Lipinski definition) is 2. The average Bonchev–Trinajstić information content (AvgIpc) is 2.35. The van der Waals surface area contributed by atoms with Crippen LogP contribution in [0.15, 0.2) is 18.2 Å². The van der Waals surface area contributed by atoms with Crippen LogP contribution in [0.5, 0.6) is 0 Å². The van der Waals surface area contributed by atoms with Gasteiger partial charge in [0.15, 0.2) is 11.6 Å². The fraction of sp³-hybridized carbons (Fsp3) is 0.571. The second-order valence-electron chi connectivity index (χ2n) is 4.31. The predicted octanol–water partition coefficient (Wildman–Crippen LogP) is 2.91. The highest BCUT2D eigenvalue weighted by Crippen LogP contribution is 2.15. The van der Waals surface area contributed by atoms with E-state index in [1.165, 1.54) is 0 Å². The molecule has 1 aromatic rings. The van der Waals surface area contributed by atoms with Crippen LogP contribution in [-0.2, 0) is 11.2 Å².